The van der Waals surface area contributed by atoms with Crippen molar-refractivity contribution in [3.63, 3.8) is 0 Å². The lowest BCUT2D eigenvalue weighted by molar-refractivity contribution is 0.0935. The number of halogens is 1. The summed E-state index contributed by atoms with van der Waals surface area (Å²) in [7, 11) is 0. The lowest BCUT2D eigenvalue weighted by Gasteiger charge is -2.13. The van der Waals surface area contributed by atoms with E-state index in [9.17, 15) is 9.18 Å². The summed E-state index contributed by atoms with van der Waals surface area (Å²) < 4.78 is 12.9. The predicted molar refractivity (Wildman–Crippen MR) is 86.3 cm³/mol. The highest BCUT2D eigenvalue weighted by molar-refractivity contribution is 5.93. The second-order valence-corrected chi connectivity index (χ2v) is 5.28. The van der Waals surface area contributed by atoms with Gasteiger partial charge in [0.1, 0.15) is 11.5 Å². The third-order valence-corrected chi connectivity index (χ3v) is 3.61. The van der Waals surface area contributed by atoms with E-state index in [4.69, 9.17) is 0 Å². The van der Waals surface area contributed by atoms with Crippen molar-refractivity contribution in [2.45, 2.75) is 13.0 Å². The van der Waals surface area contributed by atoms with Crippen LogP contribution in [0.25, 0.3) is 11.3 Å². The van der Waals surface area contributed by atoms with E-state index in [-0.39, 0.29) is 17.8 Å². The molecule has 116 valence electrons. The summed E-state index contributed by atoms with van der Waals surface area (Å²) in [6.07, 6.45) is 0. The highest BCUT2D eigenvalue weighted by Crippen LogP contribution is 2.18. The largest absolute Gasteiger partial charge is 0.344 e. The molecule has 1 aromatic heterocycles. The van der Waals surface area contributed by atoms with Crippen LogP contribution in [0.3, 0.4) is 0 Å². The monoisotopic (exact) mass is 309 g/mol. The Morgan fingerprint density at radius 1 is 1.13 bits per heavy atom. The number of aromatic amines is 1. The van der Waals surface area contributed by atoms with Gasteiger partial charge in [0.05, 0.1) is 11.7 Å². The standard InChI is InChI=1S/C18H16FN3O/c1-12(13-7-9-15(19)10-8-13)20-18(23)17-11-16(21-22-17)14-5-3-2-4-6-14/h2-12H,1H3,(H,20,23)(H,21,22)/t12-/m0/s1. The van der Waals surface area contributed by atoms with E-state index in [0.717, 1.165) is 11.1 Å². The summed E-state index contributed by atoms with van der Waals surface area (Å²) in [6.45, 7) is 1.85. The Hall–Kier alpha value is -2.95. The van der Waals surface area contributed by atoms with Gasteiger partial charge in [-0.05, 0) is 30.7 Å². The smallest absolute Gasteiger partial charge is 0.269 e. The Bertz CT molecular complexity index is 797. The number of nitrogens with zero attached hydrogens (tertiary/aromatic N) is 1. The topological polar surface area (TPSA) is 57.8 Å². The SMILES string of the molecule is C[C@H](NC(=O)c1cc(-c2ccccc2)n[nH]1)c1ccc(F)cc1. The second kappa shape index (κ2) is 6.44. The molecule has 0 unspecified atom stereocenters. The minimum absolute atomic E-state index is 0.230. The average Bonchev–Trinajstić information content (AvgIpc) is 3.06. The van der Waals surface area contributed by atoms with Crippen molar-refractivity contribution in [3.05, 3.63) is 77.7 Å². The van der Waals surface area contributed by atoms with Crippen molar-refractivity contribution in [3.8, 4) is 11.3 Å². The maximum absolute atomic E-state index is 12.9. The molecule has 0 saturated heterocycles. The van der Waals surface area contributed by atoms with Crippen molar-refractivity contribution < 1.29 is 9.18 Å². The van der Waals surface area contributed by atoms with E-state index >= 15 is 0 Å². The van der Waals surface area contributed by atoms with Gasteiger partial charge in [-0.25, -0.2) is 4.39 Å². The van der Waals surface area contributed by atoms with Crippen LogP contribution in [0, 0.1) is 5.82 Å². The molecule has 3 rings (SSSR count). The number of H-pyrrole nitrogens is 1. The number of carbonyl (C=O) groups is 1. The van der Waals surface area contributed by atoms with Crippen molar-refractivity contribution in [2.24, 2.45) is 0 Å². The maximum atomic E-state index is 12.9. The number of hydrogen-bond acceptors (Lipinski definition) is 2. The number of aromatic nitrogens is 2. The quantitative estimate of drug-likeness (QED) is 0.772. The first-order valence-electron chi connectivity index (χ1n) is 7.30. The molecule has 0 spiro atoms. The number of amides is 1. The molecule has 0 fully saturated rings. The van der Waals surface area contributed by atoms with Crippen LogP contribution in [0.4, 0.5) is 4.39 Å². The van der Waals surface area contributed by atoms with Crippen LogP contribution in [0.2, 0.25) is 0 Å². The number of hydrogen-bond donors (Lipinski definition) is 2. The first-order valence-corrected chi connectivity index (χ1v) is 7.30. The van der Waals surface area contributed by atoms with Gasteiger partial charge in [0, 0.05) is 5.56 Å². The molecule has 0 aliphatic heterocycles. The number of nitrogens with one attached hydrogen (secondary N) is 2. The molecule has 2 N–H and O–H groups in total. The van der Waals surface area contributed by atoms with Gasteiger partial charge in [0.15, 0.2) is 0 Å². The van der Waals surface area contributed by atoms with Crippen LogP contribution in [-0.2, 0) is 0 Å². The van der Waals surface area contributed by atoms with Gasteiger partial charge in [-0.15, -0.1) is 0 Å². The van der Waals surface area contributed by atoms with Gasteiger partial charge < -0.3 is 5.32 Å². The maximum Gasteiger partial charge on any atom is 0.269 e. The lowest BCUT2D eigenvalue weighted by Crippen LogP contribution is -2.26. The Morgan fingerprint density at radius 3 is 2.52 bits per heavy atom. The molecular weight excluding hydrogens is 293 g/mol. The summed E-state index contributed by atoms with van der Waals surface area (Å²) in [5, 5.41) is 9.78. The molecule has 23 heavy (non-hydrogen) atoms. The fourth-order valence-corrected chi connectivity index (χ4v) is 2.30. The van der Waals surface area contributed by atoms with E-state index in [1.165, 1.54) is 12.1 Å². The molecule has 2 aromatic carbocycles. The molecule has 0 saturated carbocycles. The van der Waals surface area contributed by atoms with E-state index < -0.39 is 0 Å². The van der Waals surface area contributed by atoms with Gasteiger partial charge in [-0.3, -0.25) is 9.89 Å². The molecule has 5 heteroatoms. The van der Waals surface area contributed by atoms with Crippen LogP contribution in [0.5, 0.6) is 0 Å². The predicted octanol–water partition coefficient (Wildman–Crippen LogP) is 3.71. The third kappa shape index (κ3) is 3.45. The summed E-state index contributed by atoms with van der Waals surface area (Å²) in [5.41, 5.74) is 2.87. The first kappa shape index (κ1) is 15.0. The molecule has 4 nitrogen and oxygen atoms in total. The van der Waals surface area contributed by atoms with Crippen LogP contribution in [0.1, 0.15) is 29.0 Å². The van der Waals surface area contributed by atoms with Gasteiger partial charge in [-0.2, -0.15) is 5.10 Å². The fraction of sp³-hybridized carbons (Fsp3) is 0.111. The van der Waals surface area contributed by atoms with Gasteiger partial charge in [0.25, 0.3) is 5.91 Å². The van der Waals surface area contributed by atoms with Crippen LogP contribution < -0.4 is 5.32 Å². The summed E-state index contributed by atoms with van der Waals surface area (Å²) in [6, 6.07) is 17.2. The van der Waals surface area contributed by atoms with Gasteiger partial charge in [-0.1, -0.05) is 42.5 Å². The number of rotatable bonds is 4. The number of benzene rings is 2. The summed E-state index contributed by atoms with van der Waals surface area (Å²) in [5.74, 6) is -0.551. The second-order valence-electron chi connectivity index (χ2n) is 5.28. The van der Waals surface area contributed by atoms with Gasteiger partial charge in [0.2, 0.25) is 0 Å². The zero-order chi connectivity index (χ0) is 16.2. The highest BCUT2D eigenvalue weighted by Gasteiger charge is 2.14. The van der Waals surface area contributed by atoms with Crippen LogP contribution in [0.15, 0.2) is 60.7 Å². The van der Waals surface area contributed by atoms with Crippen molar-refractivity contribution in [2.75, 3.05) is 0 Å². The molecule has 0 bridgehead atoms. The van der Waals surface area contributed by atoms with E-state index in [1.807, 2.05) is 37.3 Å². The summed E-state index contributed by atoms with van der Waals surface area (Å²) in [4.78, 5) is 12.3. The Balaban J connectivity index is 1.71. The Kier molecular flexibility index (Phi) is 4.19. The molecule has 1 amide bonds. The molecular formula is C18H16FN3O. The van der Waals surface area contributed by atoms with E-state index in [2.05, 4.69) is 15.5 Å². The normalized spacial score (nSPS) is 11.9. The van der Waals surface area contributed by atoms with Crippen LogP contribution >= 0.6 is 0 Å². The molecule has 1 heterocycles. The van der Waals surface area contributed by atoms with Crippen LogP contribution in [-0.4, -0.2) is 16.1 Å². The van der Waals surface area contributed by atoms with E-state index in [1.54, 1.807) is 18.2 Å². The minimum atomic E-state index is -0.298. The molecule has 1 atom stereocenters. The summed E-state index contributed by atoms with van der Waals surface area (Å²) >= 11 is 0. The minimum Gasteiger partial charge on any atom is -0.344 e. The Labute approximate surface area is 133 Å². The first-order chi connectivity index (χ1) is 11.1. The van der Waals surface area contributed by atoms with Crippen molar-refractivity contribution in [1.82, 2.24) is 15.5 Å². The number of carbonyl (C=O) groups excluding carboxylic acids is 1. The molecule has 3 aromatic rings. The zero-order valence-electron chi connectivity index (χ0n) is 12.6. The Morgan fingerprint density at radius 2 is 1.83 bits per heavy atom. The van der Waals surface area contributed by atoms with Crippen molar-refractivity contribution in [1.29, 1.82) is 0 Å². The third-order valence-electron chi connectivity index (χ3n) is 3.61. The molecule has 0 radical (unpaired) electrons. The van der Waals surface area contributed by atoms with Crippen molar-refractivity contribution >= 4 is 5.91 Å². The molecule has 0 aliphatic carbocycles. The lowest BCUT2D eigenvalue weighted by atomic mass is 10.1. The molecule has 0 aliphatic rings. The van der Waals surface area contributed by atoms with Gasteiger partial charge >= 0.3 is 0 Å². The van der Waals surface area contributed by atoms with E-state index in [0.29, 0.717) is 11.4 Å². The zero-order valence-corrected chi connectivity index (χ0v) is 12.6. The highest BCUT2D eigenvalue weighted by atomic mass is 19.1. The average molecular weight is 309 g/mol. The fourth-order valence-electron chi connectivity index (χ4n) is 2.30.